The van der Waals surface area contributed by atoms with Gasteiger partial charge in [-0.15, -0.1) is 5.10 Å². The van der Waals surface area contributed by atoms with Crippen molar-refractivity contribution in [3.63, 3.8) is 0 Å². The second kappa shape index (κ2) is 8.94. The van der Waals surface area contributed by atoms with E-state index in [1.165, 1.54) is 12.1 Å². The molecule has 0 radical (unpaired) electrons. The van der Waals surface area contributed by atoms with E-state index in [-0.39, 0.29) is 17.3 Å². The lowest BCUT2D eigenvalue weighted by atomic mass is 10.3. The van der Waals surface area contributed by atoms with Gasteiger partial charge in [-0.05, 0) is 56.9 Å². The van der Waals surface area contributed by atoms with Crippen LogP contribution in [-0.4, -0.2) is 58.3 Å². The number of ether oxygens (including phenoxy) is 1. The minimum atomic E-state index is -3.67. The summed E-state index contributed by atoms with van der Waals surface area (Å²) in [6, 6.07) is 15.7. The zero-order valence-electron chi connectivity index (χ0n) is 16.0. The first-order valence-corrected chi connectivity index (χ1v) is 11.0. The third-order valence-corrected chi connectivity index (χ3v) is 6.69. The third-order valence-electron chi connectivity index (χ3n) is 4.40. The van der Waals surface area contributed by atoms with Gasteiger partial charge in [-0.1, -0.05) is 29.8 Å². The molecule has 0 amide bonds. The summed E-state index contributed by atoms with van der Waals surface area (Å²) in [5.41, 5.74) is 0.825. The first-order chi connectivity index (χ1) is 13.4. The van der Waals surface area contributed by atoms with Crippen LogP contribution < -0.4 is 5.01 Å². The van der Waals surface area contributed by atoms with E-state index in [0.717, 1.165) is 18.7 Å². The van der Waals surface area contributed by atoms with E-state index in [4.69, 9.17) is 16.3 Å². The molecule has 0 unspecified atom stereocenters. The van der Waals surface area contributed by atoms with Crippen LogP contribution in [0.25, 0.3) is 0 Å². The summed E-state index contributed by atoms with van der Waals surface area (Å²) in [4.78, 5) is 2.26. The summed E-state index contributed by atoms with van der Waals surface area (Å²) in [6.45, 7) is 1.47. The molecule has 2 aromatic carbocycles. The number of halogens is 1. The highest BCUT2D eigenvalue weighted by atomic mass is 35.5. The lowest BCUT2D eigenvalue weighted by molar-refractivity contribution is 0.267. The highest BCUT2D eigenvalue weighted by Crippen LogP contribution is 2.27. The maximum absolute atomic E-state index is 13.2. The van der Waals surface area contributed by atoms with E-state index < -0.39 is 15.1 Å². The molecule has 6 nitrogen and oxygen atoms in total. The van der Waals surface area contributed by atoms with Gasteiger partial charge < -0.3 is 9.64 Å². The summed E-state index contributed by atoms with van der Waals surface area (Å²) in [5, 5.41) is 5.78. The van der Waals surface area contributed by atoms with E-state index >= 15 is 0 Å². The highest BCUT2D eigenvalue weighted by Gasteiger charge is 2.40. The fraction of sp³-hybridized carbons (Fsp3) is 0.350. The largest absolute Gasteiger partial charge is 0.479 e. The molecule has 1 aliphatic heterocycles. The standard InChI is InChI=1S/C20H24ClN3O3S/c1-23(2)13-6-14-27-20-19(15-24(22-20)17-7-4-3-5-8-17)28(25,26)18-11-9-16(21)10-12-18/h3-5,7-12,19H,6,13-15H2,1-2H3/t19-/m0/s1. The molecule has 1 heterocycles. The summed E-state index contributed by atoms with van der Waals surface area (Å²) in [7, 11) is 0.303. The average Bonchev–Trinajstić information content (AvgIpc) is 3.11. The molecule has 3 rings (SSSR count). The number of nitrogens with zero attached hydrogens (tertiary/aromatic N) is 3. The summed E-state index contributed by atoms with van der Waals surface area (Å²) in [5.74, 6) is 0.234. The minimum absolute atomic E-state index is 0.206. The molecule has 150 valence electrons. The molecule has 0 aliphatic carbocycles. The molecular formula is C20H24ClN3O3S. The van der Waals surface area contributed by atoms with Crippen LogP contribution in [0.4, 0.5) is 5.69 Å². The van der Waals surface area contributed by atoms with Gasteiger partial charge in [-0.3, -0.25) is 5.01 Å². The smallest absolute Gasteiger partial charge is 0.227 e. The highest BCUT2D eigenvalue weighted by molar-refractivity contribution is 7.92. The van der Waals surface area contributed by atoms with Crippen LogP contribution in [0.3, 0.4) is 0 Å². The molecule has 0 aromatic heterocycles. The second-order valence-electron chi connectivity index (χ2n) is 6.85. The van der Waals surface area contributed by atoms with Crippen molar-refractivity contribution >= 4 is 33.0 Å². The van der Waals surface area contributed by atoms with E-state index in [1.54, 1.807) is 17.1 Å². The molecule has 0 saturated heterocycles. The van der Waals surface area contributed by atoms with Crippen molar-refractivity contribution in [3.05, 3.63) is 59.6 Å². The maximum Gasteiger partial charge on any atom is 0.227 e. The molecule has 0 fully saturated rings. The van der Waals surface area contributed by atoms with Gasteiger partial charge in [0.15, 0.2) is 15.1 Å². The maximum atomic E-state index is 13.2. The molecule has 0 spiro atoms. The monoisotopic (exact) mass is 421 g/mol. The van der Waals surface area contributed by atoms with E-state index in [2.05, 4.69) is 10.0 Å². The van der Waals surface area contributed by atoms with Crippen molar-refractivity contribution in [1.82, 2.24) is 4.90 Å². The number of sulfone groups is 1. The van der Waals surface area contributed by atoms with Gasteiger partial charge in [0, 0.05) is 11.6 Å². The predicted molar refractivity (Wildman–Crippen MR) is 113 cm³/mol. The van der Waals surface area contributed by atoms with Crippen LogP contribution in [0.1, 0.15) is 6.42 Å². The van der Waals surface area contributed by atoms with Gasteiger partial charge >= 0.3 is 0 Å². The summed E-state index contributed by atoms with van der Waals surface area (Å²) < 4.78 is 32.3. The van der Waals surface area contributed by atoms with Crippen molar-refractivity contribution in [1.29, 1.82) is 0 Å². The number of hydrazone groups is 1. The molecule has 1 aliphatic rings. The molecule has 0 N–H and O–H groups in total. The van der Waals surface area contributed by atoms with E-state index in [9.17, 15) is 8.42 Å². The van der Waals surface area contributed by atoms with Crippen molar-refractivity contribution in [2.24, 2.45) is 5.10 Å². The lowest BCUT2D eigenvalue weighted by Crippen LogP contribution is -2.34. The number of benzene rings is 2. The SMILES string of the molecule is CN(C)CCCOC1=NN(c2ccccc2)C[C@@H]1S(=O)(=O)c1ccc(Cl)cc1. The van der Waals surface area contributed by atoms with Crippen molar-refractivity contribution in [3.8, 4) is 0 Å². The Morgan fingerprint density at radius 2 is 1.82 bits per heavy atom. The van der Waals surface area contributed by atoms with Crippen LogP contribution in [0.2, 0.25) is 5.02 Å². The van der Waals surface area contributed by atoms with Crippen LogP contribution in [-0.2, 0) is 14.6 Å². The average molecular weight is 422 g/mol. The Kier molecular flexibility index (Phi) is 6.59. The van der Waals surface area contributed by atoms with Gasteiger partial charge in [0.1, 0.15) is 0 Å². The van der Waals surface area contributed by atoms with Gasteiger partial charge in [0.2, 0.25) is 5.90 Å². The van der Waals surface area contributed by atoms with Crippen molar-refractivity contribution in [2.45, 2.75) is 16.6 Å². The van der Waals surface area contributed by atoms with Gasteiger partial charge in [0.05, 0.1) is 23.7 Å². The van der Waals surface area contributed by atoms with Gasteiger partial charge in [0.25, 0.3) is 0 Å². The van der Waals surface area contributed by atoms with Crippen LogP contribution in [0.5, 0.6) is 0 Å². The number of hydrogen-bond acceptors (Lipinski definition) is 6. The van der Waals surface area contributed by atoms with E-state index in [1.807, 2.05) is 44.4 Å². The van der Waals surface area contributed by atoms with Crippen molar-refractivity contribution < 1.29 is 13.2 Å². The molecular weight excluding hydrogens is 398 g/mol. The third kappa shape index (κ3) is 4.84. The molecule has 0 bridgehead atoms. The topological polar surface area (TPSA) is 62.2 Å². The lowest BCUT2D eigenvalue weighted by Gasteiger charge is -2.16. The first-order valence-electron chi connectivity index (χ1n) is 9.06. The zero-order valence-corrected chi connectivity index (χ0v) is 17.5. The van der Waals surface area contributed by atoms with Crippen LogP contribution >= 0.6 is 11.6 Å². The van der Waals surface area contributed by atoms with Crippen LogP contribution in [0.15, 0.2) is 64.6 Å². The Labute approximate surface area is 171 Å². The number of para-hydroxylation sites is 1. The number of anilines is 1. The second-order valence-corrected chi connectivity index (χ2v) is 9.42. The summed E-state index contributed by atoms with van der Waals surface area (Å²) >= 11 is 5.91. The Hall–Kier alpha value is -2.09. The normalized spacial score (nSPS) is 17.1. The van der Waals surface area contributed by atoms with Gasteiger partial charge in [-0.25, -0.2) is 8.42 Å². The molecule has 28 heavy (non-hydrogen) atoms. The zero-order chi connectivity index (χ0) is 20.1. The fourth-order valence-corrected chi connectivity index (χ4v) is 4.61. The molecule has 2 aromatic rings. The minimum Gasteiger partial charge on any atom is -0.479 e. The van der Waals surface area contributed by atoms with Crippen molar-refractivity contribution in [2.75, 3.05) is 38.8 Å². The summed E-state index contributed by atoms with van der Waals surface area (Å²) in [6.07, 6.45) is 0.783. The number of rotatable bonds is 7. The first kappa shape index (κ1) is 20.6. The van der Waals surface area contributed by atoms with E-state index in [0.29, 0.717) is 11.6 Å². The Balaban J connectivity index is 1.84. The molecule has 0 saturated carbocycles. The number of hydrogen-bond donors (Lipinski definition) is 0. The van der Waals surface area contributed by atoms with Crippen LogP contribution in [0, 0.1) is 0 Å². The Morgan fingerprint density at radius 1 is 1.14 bits per heavy atom. The molecule has 8 heteroatoms. The molecule has 1 atom stereocenters. The predicted octanol–water partition coefficient (Wildman–Crippen LogP) is 3.28. The fourth-order valence-electron chi connectivity index (χ4n) is 2.92. The van der Waals surface area contributed by atoms with Gasteiger partial charge in [-0.2, -0.15) is 0 Å². The Morgan fingerprint density at radius 3 is 2.46 bits per heavy atom. The quantitative estimate of drug-likeness (QED) is 0.642. The Bertz CT molecular complexity index is 915.